The molecular formula is C33H33F8N7O. The summed E-state index contributed by atoms with van der Waals surface area (Å²) in [5.41, 5.74) is -2.56. The molecule has 1 saturated carbocycles. The van der Waals surface area contributed by atoms with Crippen molar-refractivity contribution in [2.75, 3.05) is 16.3 Å². The van der Waals surface area contributed by atoms with E-state index in [-0.39, 0.29) is 47.0 Å². The number of fused-ring (bicyclic) bond motifs is 1. The molecule has 0 unspecified atom stereocenters. The summed E-state index contributed by atoms with van der Waals surface area (Å²) in [5, 5.41) is 12.2. The van der Waals surface area contributed by atoms with Gasteiger partial charge in [0, 0.05) is 49.1 Å². The number of carbonyl (C=O) groups excluding carboxylic acids is 1. The van der Waals surface area contributed by atoms with Crippen molar-refractivity contribution in [1.82, 2.24) is 25.2 Å². The van der Waals surface area contributed by atoms with Crippen LogP contribution in [0, 0.1) is 23.5 Å². The third kappa shape index (κ3) is 7.62. The summed E-state index contributed by atoms with van der Waals surface area (Å²) in [6, 6.07) is 5.00. The fourth-order valence-electron chi connectivity index (χ4n) is 7.19. The highest BCUT2D eigenvalue weighted by Gasteiger charge is 2.38. The van der Waals surface area contributed by atoms with E-state index in [0.29, 0.717) is 42.4 Å². The summed E-state index contributed by atoms with van der Waals surface area (Å²) >= 11 is 0. The van der Waals surface area contributed by atoms with Crippen LogP contribution < -0.4 is 9.80 Å². The van der Waals surface area contributed by atoms with Crippen LogP contribution in [0.5, 0.6) is 0 Å². The third-order valence-corrected chi connectivity index (χ3v) is 9.51. The van der Waals surface area contributed by atoms with Gasteiger partial charge in [0.15, 0.2) is 11.6 Å². The Hall–Kier alpha value is -4.37. The van der Waals surface area contributed by atoms with E-state index in [9.17, 15) is 39.9 Å². The predicted octanol–water partition coefficient (Wildman–Crippen LogP) is 7.65. The van der Waals surface area contributed by atoms with Crippen molar-refractivity contribution in [2.45, 2.75) is 76.4 Å². The molecule has 49 heavy (non-hydrogen) atoms. The van der Waals surface area contributed by atoms with Gasteiger partial charge in [-0.3, -0.25) is 0 Å². The van der Waals surface area contributed by atoms with Crippen molar-refractivity contribution in [3.8, 4) is 0 Å². The summed E-state index contributed by atoms with van der Waals surface area (Å²) in [6.45, 7) is -0.0337. The van der Waals surface area contributed by atoms with Crippen LogP contribution in [-0.4, -0.2) is 44.1 Å². The number of aldehydes is 1. The summed E-state index contributed by atoms with van der Waals surface area (Å²) < 4.78 is 111. The van der Waals surface area contributed by atoms with Crippen molar-refractivity contribution in [1.29, 1.82) is 0 Å². The zero-order valence-corrected chi connectivity index (χ0v) is 26.4. The summed E-state index contributed by atoms with van der Waals surface area (Å²) in [4.78, 5) is 20.5. The second-order valence-electron chi connectivity index (χ2n) is 12.9. The van der Waals surface area contributed by atoms with Crippen molar-refractivity contribution in [3.63, 3.8) is 0 Å². The van der Waals surface area contributed by atoms with E-state index in [1.165, 1.54) is 11.9 Å². The molecule has 0 bridgehead atoms. The quantitative estimate of drug-likeness (QED) is 0.132. The van der Waals surface area contributed by atoms with Crippen LogP contribution in [0.3, 0.4) is 0 Å². The molecule has 3 heterocycles. The van der Waals surface area contributed by atoms with Gasteiger partial charge in [0.25, 0.3) is 5.95 Å². The number of tetrazole rings is 1. The van der Waals surface area contributed by atoms with E-state index in [4.69, 9.17) is 4.98 Å². The molecule has 0 amide bonds. The maximum Gasteiger partial charge on any atom is 0.416 e. The van der Waals surface area contributed by atoms with Gasteiger partial charge in [0.2, 0.25) is 0 Å². The first kappa shape index (κ1) is 34.5. The first-order valence-corrected chi connectivity index (χ1v) is 16.0. The fraction of sp³-hybridized carbons (Fsp3) is 0.485. The van der Waals surface area contributed by atoms with Gasteiger partial charge >= 0.3 is 12.4 Å². The van der Waals surface area contributed by atoms with Crippen molar-refractivity contribution in [3.05, 3.63) is 70.3 Å². The van der Waals surface area contributed by atoms with Gasteiger partial charge in [-0.2, -0.15) is 31.1 Å². The smallest absolute Gasteiger partial charge is 0.353 e. The van der Waals surface area contributed by atoms with E-state index >= 15 is 0 Å². The molecule has 1 aliphatic heterocycles. The highest BCUT2D eigenvalue weighted by molar-refractivity contribution is 5.82. The lowest BCUT2D eigenvalue weighted by molar-refractivity contribution is -0.143. The first-order chi connectivity index (χ1) is 23.2. The minimum atomic E-state index is -5.04. The lowest BCUT2D eigenvalue weighted by Crippen LogP contribution is -2.39. The van der Waals surface area contributed by atoms with Gasteiger partial charge in [-0.1, -0.05) is 5.10 Å². The summed E-state index contributed by atoms with van der Waals surface area (Å²) in [5.74, 6) is -1.20. The number of hydrogen-bond acceptors (Lipinski definition) is 7. The van der Waals surface area contributed by atoms with Gasteiger partial charge in [0.05, 0.1) is 23.7 Å². The molecule has 8 nitrogen and oxygen atoms in total. The zero-order valence-electron chi connectivity index (χ0n) is 26.4. The number of pyridine rings is 1. The predicted molar refractivity (Wildman–Crippen MR) is 163 cm³/mol. The van der Waals surface area contributed by atoms with Crippen LogP contribution in [0.4, 0.5) is 46.9 Å². The van der Waals surface area contributed by atoms with E-state index in [0.717, 1.165) is 61.7 Å². The fourth-order valence-corrected chi connectivity index (χ4v) is 7.19. The Kier molecular flexibility index (Phi) is 9.50. The average molecular weight is 696 g/mol. The largest absolute Gasteiger partial charge is 0.416 e. The van der Waals surface area contributed by atoms with Crippen LogP contribution >= 0.6 is 0 Å². The van der Waals surface area contributed by atoms with Gasteiger partial charge in [-0.05, 0) is 91.5 Å². The third-order valence-electron chi connectivity index (χ3n) is 9.51. The van der Waals surface area contributed by atoms with Crippen LogP contribution in [0.1, 0.15) is 67.2 Å². The number of benzene rings is 2. The molecule has 2 fully saturated rings. The first-order valence-electron chi connectivity index (χ1n) is 16.0. The Labute approximate surface area is 276 Å². The van der Waals surface area contributed by atoms with Crippen LogP contribution in [-0.2, 0) is 37.3 Å². The number of aromatic nitrogens is 5. The molecule has 1 aliphatic carbocycles. The highest BCUT2D eigenvalue weighted by Crippen LogP contribution is 2.41. The average Bonchev–Trinajstić information content (AvgIpc) is 3.70. The van der Waals surface area contributed by atoms with Crippen LogP contribution in [0.25, 0.3) is 10.9 Å². The Morgan fingerprint density at radius 1 is 0.878 bits per heavy atom. The molecule has 6 rings (SSSR count). The van der Waals surface area contributed by atoms with E-state index in [2.05, 4.69) is 20.3 Å². The Morgan fingerprint density at radius 3 is 2.16 bits per heavy atom. The monoisotopic (exact) mass is 695 g/mol. The van der Waals surface area contributed by atoms with Gasteiger partial charge in [-0.15, -0.1) is 5.10 Å². The van der Waals surface area contributed by atoms with Gasteiger partial charge in [-0.25, -0.2) is 13.8 Å². The molecule has 16 heteroatoms. The molecule has 0 radical (unpaired) electrons. The normalized spacial score (nSPS) is 20.3. The molecule has 1 saturated heterocycles. The van der Waals surface area contributed by atoms with Crippen LogP contribution in [0.2, 0.25) is 0 Å². The van der Waals surface area contributed by atoms with Crippen molar-refractivity contribution in [2.24, 2.45) is 18.9 Å². The minimum Gasteiger partial charge on any atom is -0.353 e. The summed E-state index contributed by atoms with van der Waals surface area (Å²) in [7, 11) is 1.46. The minimum absolute atomic E-state index is 0.0482. The van der Waals surface area contributed by atoms with Crippen molar-refractivity contribution < 1.29 is 39.9 Å². The zero-order chi connectivity index (χ0) is 35.1. The molecule has 1 atom stereocenters. The number of halogens is 8. The number of anilines is 2. The molecule has 2 aromatic carbocycles. The maximum atomic E-state index is 14.4. The van der Waals surface area contributed by atoms with E-state index < -0.39 is 41.7 Å². The van der Waals surface area contributed by atoms with Gasteiger partial charge < -0.3 is 14.6 Å². The number of hydrogen-bond donors (Lipinski definition) is 0. The second-order valence-corrected chi connectivity index (χ2v) is 12.9. The Balaban J connectivity index is 1.42. The molecule has 2 aliphatic rings. The molecule has 0 N–H and O–H groups in total. The summed E-state index contributed by atoms with van der Waals surface area (Å²) in [6.07, 6.45) is -3.35. The highest BCUT2D eigenvalue weighted by atomic mass is 19.4. The van der Waals surface area contributed by atoms with Gasteiger partial charge in [0.1, 0.15) is 12.1 Å². The SMILES string of the molecule is Cn1nnc(N(Cc2cc(C(F)(F)F)cc(C(F)(F)F)c2)Cc2cc3cc(F)c(F)cc3nc2N2CCC[C@@H]2[C@H]2CC[C@H](CC=O)CC2)n1. The molecule has 2 aromatic heterocycles. The topological polar surface area (TPSA) is 80.0 Å². The number of nitrogens with zero attached hydrogens (tertiary/aromatic N) is 7. The number of carbonyl (C=O) groups is 1. The molecular weight excluding hydrogens is 662 g/mol. The molecule has 0 spiro atoms. The van der Waals surface area contributed by atoms with E-state index in [1.807, 2.05) is 0 Å². The van der Waals surface area contributed by atoms with Crippen molar-refractivity contribution >= 4 is 29.0 Å². The number of alkyl halides is 6. The Bertz CT molecular complexity index is 1790. The number of rotatable bonds is 9. The molecule has 262 valence electrons. The molecule has 4 aromatic rings. The lowest BCUT2D eigenvalue weighted by atomic mass is 9.77. The number of aryl methyl sites for hydroxylation is 1. The second kappa shape index (κ2) is 13.5. The standard InChI is InChI=1S/C33H33F8N7O/c1-46-44-31(43-45-46)47(17-20-11-24(32(36,37)38)15-25(12-20)33(39,40)41)18-23-13-22-14-26(34)27(35)16-28(22)42-30(23)48-9-2-3-29(48)21-6-4-19(5-7-21)8-10-49/h10-16,19,21,29H,2-9,17-18H2,1H3/t19-,21-,29-/m1/s1. The van der Waals surface area contributed by atoms with E-state index in [1.54, 1.807) is 6.07 Å². The maximum absolute atomic E-state index is 14.4. The Morgan fingerprint density at radius 2 is 1.55 bits per heavy atom. The van der Waals surface area contributed by atoms with Crippen LogP contribution in [0.15, 0.2) is 36.4 Å². The lowest BCUT2D eigenvalue weighted by Gasteiger charge is -2.38.